The minimum absolute atomic E-state index is 0.112. The van der Waals surface area contributed by atoms with Crippen molar-refractivity contribution in [2.45, 2.75) is 25.4 Å². The summed E-state index contributed by atoms with van der Waals surface area (Å²) in [6, 6.07) is 0. The molecule has 16 heavy (non-hydrogen) atoms. The second-order valence-electron chi connectivity index (χ2n) is 3.90. The first-order chi connectivity index (χ1) is 7.28. The first kappa shape index (κ1) is 12.8. The van der Waals surface area contributed by atoms with Gasteiger partial charge in [-0.1, -0.05) is 0 Å². The highest BCUT2D eigenvalue weighted by Crippen LogP contribution is 2.30. The molecule has 0 aromatic carbocycles. The fourth-order valence-electron chi connectivity index (χ4n) is 1.31. The molecule has 0 aromatic rings. The van der Waals surface area contributed by atoms with Crippen LogP contribution in [-0.2, 0) is 9.59 Å². The number of hydrogen-bond donors (Lipinski definition) is 1. The average Bonchev–Trinajstić information content (AvgIpc) is 2.82. The highest BCUT2D eigenvalue weighted by atomic mass is 19.4. The fraction of sp³-hybridized carbons (Fsp3) is 0.778. The van der Waals surface area contributed by atoms with Crippen LogP contribution in [0.15, 0.2) is 0 Å². The van der Waals surface area contributed by atoms with Crippen molar-refractivity contribution in [3.8, 4) is 0 Å². The number of rotatable bonds is 5. The maximum Gasteiger partial charge on any atom is 0.397 e. The molecule has 7 heteroatoms. The number of alkyl halides is 3. The van der Waals surface area contributed by atoms with E-state index in [9.17, 15) is 22.8 Å². The summed E-state index contributed by atoms with van der Waals surface area (Å²) in [6.07, 6.45) is -4.49. The lowest BCUT2D eigenvalue weighted by Gasteiger charge is -2.21. The number of carbonyl (C=O) groups is 2. The van der Waals surface area contributed by atoms with Crippen LogP contribution in [0, 0.1) is 5.92 Å². The fourth-order valence-corrected chi connectivity index (χ4v) is 1.31. The topological polar surface area (TPSA) is 57.6 Å². The SMILES string of the molecule is O=C(O)CN(CC1CC1)C(=O)CC(F)(F)F. The van der Waals surface area contributed by atoms with E-state index < -0.39 is 31.0 Å². The number of aliphatic carboxylic acids is 1. The molecule has 1 rings (SSSR count). The van der Waals surface area contributed by atoms with E-state index in [-0.39, 0.29) is 12.5 Å². The standard InChI is InChI=1S/C9H12F3NO3/c10-9(11,12)3-7(14)13(5-8(15)16)4-6-1-2-6/h6H,1-5H2,(H,15,16). The molecule has 1 saturated carbocycles. The normalized spacial score (nSPS) is 15.9. The van der Waals surface area contributed by atoms with Crippen LogP contribution in [0.1, 0.15) is 19.3 Å². The van der Waals surface area contributed by atoms with Crippen LogP contribution in [0.25, 0.3) is 0 Å². The minimum atomic E-state index is -4.59. The quantitative estimate of drug-likeness (QED) is 0.785. The van der Waals surface area contributed by atoms with Gasteiger partial charge in [0, 0.05) is 6.54 Å². The number of carboxylic acids is 1. The van der Waals surface area contributed by atoms with Crippen molar-refractivity contribution in [2.75, 3.05) is 13.1 Å². The van der Waals surface area contributed by atoms with Gasteiger partial charge in [-0.3, -0.25) is 9.59 Å². The van der Waals surface area contributed by atoms with E-state index in [2.05, 4.69) is 0 Å². The lowest BCUT2D eigenvalue weighted by molar-refractivity contribution is -0.164. The van der Waals surface area contributed by atoms with Crippen molar-refractivity contribution in [1.29, 1.82) is 0 Å². The molecule has 1 fully saturated rings. The number of nitrogens with zero attached hydrogens (tertiary/aromatic N) is 1. The molecule has 0 heterocycles. The van der Waals surface area contributed by atoms with Gasteiger partial charge in [-0.15, -0.1) is 0 Å². The summed E-state index contributed by atoms with van der Waals surface area (Å²) < 4.78 is 35.9. The second-order valence-corrected chi connectivity index (χ2v) is 3.90. The third kappa shape index (κ3) is 4.99. The van der Waals surface area contributed by atoms with Gasteiger partial charge in [-0.05, 0) is 18.8 Å². The van der Waals surface area contributed by atoms with Crippen molar-refractivity contribution < 1.29 is 27.9 Å². The summed E-state index contributed by atoms with van der Waals surface area (Å²) in [4.78, 5) is 22.4. The van der Waals surface area contributed by atoms with E-state index in [1.54, 1.807) is 0 Å². The van der Waals surface area contributed by atoms with Crippen LogP contribution in [0.5, 0.6) is 0 Å². The van der Waals surface area contributed by atoms with Crippen molar-refractivity contribution in [2.24, 2.45) is 5.92 Å². The van der Waals surface area contributed by atoms with E-state index in [0.717, 1.165) is 17.7 Å². The molecule has 1 aliphatic carbocycles. The van der Waals surface area contributed by atoms with Crippen molar-refractivity contribution in [1.82, 2.24) is 4.90 Å². The Morgan fingerprint density at radius 2 is 1.88 bits per heavy atom. The average molecular weight is 239 g/mol. The predicted octanol–water partition coefficient (Wildman–Crippen LogP) is 1.26. The second kappa shape index (κ2) is 4.71. The van der Waals surface area contributed by atoms with Gasteiger partial charge >= 0.3 is 12.1 Å². The summed E-state index contributed by atoms with van der Waals surface area (Å²) in [6.45, 7) is -0.549. The van der Waals surface area contributed by atoms with Crippen LogP contribution in [0.3, 0.4) is 0 Å². The van der Waals surface area contributed by atoms with E-state index >= 15 is 0 Å². The highest BCUT2D eigenvalue weighted by molar-refractivity contribution is 5.81. The zero-order valence-electron chi connectivity index (χ0n) is 8.46. The van der Waals surface area contributed by atoms with Gasteiger partial charge in [0.15, 0.2) is 0 Å². The molecule has 0 aromatic heterocycles. The third-order valence-electron chi connectivity index (χ3n) is 2.21. The lowest BCUT2D eigenvalue weighted by Crippen LogP contribution is -2.39. The van der Waals surface area contributed by atoms with E-state index in [1.807, 2.05) is 0 Å². The Labute approximate surface area is 90.0 Å². The zero-order valence-corrected chi connectivity index (χ0v) is 8.46. The highest BCUT2D eigenvalue weighted by Gasteiger charge is 2.35. The predicted molar refractivity (Wildman–Crippen MR) is 47.6 cm³/mol. The molecule has 0 atom stereocenters. The largest absolute Gasteiger partial charge is 0.480 e. The van der Waals surface area contributed by atoms with E-state index in [1.165, 1.54) is 0 Å². The number of carboxylic acid groups (broad SMARTS) is 1. The van der Waals surface area contributed by atoms with Crippen molar-refractivity contribution in [3.05, 3.63) is 0 Å². The van der Waals surface area contributed by atoms with Crippen molar-refractivity contribution in [3.63, 3.8) is 0 Å². The van der Waals surface area contributed by atoms with E-state index in [0.29, 0.717) is 0 Å². The Hall–Kier alpha value is -1.27. The molecule has 0 spiro atoms. The Kier molecular flexibility index (Phi) is 3.77. The molecule has 1 amide bonds. The Balaban J connectivity index is 2.52. The van der Waals surface area contributed by atoms with Crippen LogP contribution < -0.4 is 0 Å². The van der Waals surface area contributed by atoms with Gasteiger partial charge in [0.1, 0.15) is 13.0 Å². The lowest BCUT2D eigenvalue weighted by atomic mass is 10.3. The molecular formula is C9H12F3NO3. The first-order valence-corrected chi connectivity index (χ1v) is 4.84. The monoisotopic (exact) mass is 239 g/mol. The third-order valence-corrected chi connectivity index (χ3v) is 2.21. The number of carbonyl (C=O) groups excluding carboxylic acids is 1. The maximum absolute atomic E-state index is 12.0. The van der Waals surface area contributed by atoms with Crippen LogP contribution in [0.2, 0.25) is 0 Å². The molecule has 0 bridgehead atoms. The van der Waals surface area contributed by atoms with Gasteiger partial charge in [0.05, 0.1) is 0 Å². The zero-order chi connectivity index (χ0) is 12.3. The van der Waals surface area contributed by atoms with Gasteiger partial charge in [-0.2, -0.15) is 13.2 Å². The van der Waals surface area contributed by atoms with Crippen molar-refractivity contribution >= 4 is 11.9 Å². The van der Waals surface area contributed by atoms with Crippen LogP contribution >= 0.6 is 0 Å². The Morgan fingerprint density at radius 1 is 1.31 bits per heavy atom. The summed E-state index contributed by atoms with van der Waals surface area (Å²) >= 11 is 0. The number of amides is 1. The molecule has 92 valence electrons. The van der Waals surface area contributed by atoms with Crippen LogP contribution in [0.4, 0.5) is 13.2 Å². The molecular weight excluding hydrogens is 227 g/mol. The summed E-state index contributed by atoms with van der Waals surface area (Å²) in [5.41, 5.74) is 0. The molecule has 0 aliphatic heterocycles. The van der Waals surface area contributed by atoms with Gasteiger partial charge in [0.2, 0.25) is 5.91 Å². The Morgan fingerprint density at radius 3 is 2.25 bits per heavy atom. The molecule has 0 radical (unpaired) electrons. The van der Waals surface area contributed by atoms with Gasteiger partial charge in [0.25, 0.3) is 0 Å². The molecule has 0 saturated heterocycles. The Bertz CT molecular complexity index is 286. The summed E-state index contributed by atoms with van der Waals surface area (Å²) in [5, 5.41) is 8.49. The van der Waals surface area contributed by atoms with E-state index in [4.69, 9.17) is 5.11 Å². The van der Waals surface area contributed by atoms with Gasteiger partial charge in [-0.25, -0.2) is 0 Å². The molecule has 4 nitrogen and oxygen atoms in total. The number of halogens is 3. The molecule has 1 aliphatic rings. The molecule has 0 unspecified atom stereocenters. The smallest absolute Gasteiger partial charge is 0.397 e. The van der Waals surface area contributed by atoms with Gasteiger partial charge < -0.3 is 10.0 Å². The van der Waals surface area contributed by atoms with Crippen LogP contribution in [-0.4, -0.2) is 41.1 Å². The minimum Gasteiger partial charge on any atom is -0.480 e. The first-order valence-electron chi connectivity index (χ1n) is 4.84. The number of hydrogen-bond acceptors (Lipinski definition) is 2. The summed E-state index contributed by atoms with van der Waals surface area (Å²) in [7, 11) is 0. The molecule has 1 N–H and O–H groups in total. The maximum atomic E-state index is 12.0. The summed E-state index contributed by atoms with van der Waals surface area (Å²) in [5.74, 6) is -2.30.